The molecule has 2 aromatic rings. The average Bonchev–Trinajstić information content (AvgIpc) is 2.60. The molecule has 3 rings (SSSR count). The summed E-state index contributed by atoms with van der Waals surface area (Å²) in [5.41, 5.74) is -0.258. The first-order valence-electron chi connectivity index (χ1n) is 8.05. The highest BCUT2D eigenvalue weighted by Crippen LogP contribution is 2.31. The molecule has 1 aliphatic rings. The number of sulfonamides is 1. The maximum atomic E-state index is 12.8. The third-order valence-electron chi connectivity index (χ3n) is 4.56. The lowest BCUT2D eigenvalue weighted by Gasteiger charge is -2.33. The van der Waals surface area contributed by atoms with Crippen LogP contribution in [-0.4, -0.2) is 25.7 Å². The van der Waals surface area contributed by atoms with Crippen molar-refractivity contribution in [2.75, 3.05) is 6.54 Å². The Morgan fingerprint density at radius 2 is 1.77 bits per heavy atom. The minimum Gasteiger partial charge on any atom is -0.388 e. The number of aliphatic hydroxyl groups is 1. The lowest BCUT2D eigenvalue weighted by molar-refractivity contribution is -0.137. The topological polar surface area (TPSA) is 66.4 Å². The molecule has 0 aliphatic heterocycles. The van der Waals surface area contributed by atoms with Crippen molar-refractivity contribution in [3.05, 3.63) is 65.2 Å². The standard InChI is InChI=1S/C18H18F3NO3S/c19-18(20,21)15-6-3-7-16(10-15)26(24,25)22-12-17(23)9-8-13-4-1-2-5-14(13)11-17/h1-7,10,22-23H,8-9,11-12H2/t17-/m1/s1. The van der Waals surface area contributed by atoms with Gasteiger partial charge in [-0.1, -0.05) is 30.3 Å². The van der Waals surface area contributed by atoms with E-state index in [0.717, 1.165) is 29.3 Å². The Hall–Kier alpha value is -1.90. The second-order valence-electron chi connectivity index (χ2n) is 6.52. The Balaban J connectivity index is 1.75. The number of nitrogens with one attached hydrogen (secondary N) is 1. The minimum absolute atomic E-state index is 0.264. The number of fused-ring (bicyclic) bond motifs is 1. The fraction of sp³-hybridized carbons (Fsp3) is 0.333. The summed E-state index contributed by atoms with van der Waals surface area (Å²) in [6, 6.07) is 11.1. The molecule has 1 atom stereocenters. The molecule has 0 bridgehead atoms. The summed E-state index contributed by atoms with van der Waals surface area (Å²) in [7, 11) is -4.17. The van der Waals surface area contributed by atoms with Gasteiger partial charge >= 0.3 is 6.18 Å². The zero-order chi connectivity index (χ0) is 19.0. The molecule has 0 fully saturated rings. The number of aryl methyl sites for hydroxylation is 1. The second-order valence-corrected chi connectivity index (χ2v) is 8.29. The smallest absolute Gasteiger partial charge is 0.388 e. The van der Waals surface area contributed by atoms with Gasteiger partial charge in [-0.2, -0.15) is 13.2 Å². The molecule has 0 aromatic heterocycles. The van der Waals surface area contributed by atoms with Gasteiger partial charge < -0.3 is 5.11 Å². The molecule has 0 amide bonds. The zero-order valence-corrected chi connectivity index (χ0v) is 14.6. The lowest BCUT2D eigenvalue weighted by atomic mass is 9.80. The summed E-state index contributed by atoms with van der Waals surface area (Å²) in [5, 5.41) is 10.7. The van der Waals surface area contributed by atoms with E-state index in [2.05, 4.69) is 4.72 Å². The van der Waals surface area contributed by atoms with E-state index in [-0.39, 0.29) is 13.0 Å². The highest BCUT2D eigenvalue weighted by Gasteiger charge is 2.34. The molecular formula is C18H18F3NO3S. The van der Waals surface area contributed by atoms with E-state index in [9.17, 15) is 26.7 Å². The fourth-order valence-electron chi connectivity index (χ4n) is 3.09. The van der Waals surface area contributed by atoms with Gasteiger partial charge in [-0.15, -0.1) is 0 Å². The Morgan fingerprint density at radius 3 is 2.46 bits per heavy atom. The molecule has 0 unspecified atom stereocenters. The molecule has 2 aromatic carbocycles. The fourth-order valence-corrected chi connectivity index (χ4v) is 4.25. The molecule has 0 saturated heterocycles. The zero-order valence-electron chi connectivity index (χ0n) is 13.8. The highest BCUT2D eigenvalue weighted by molar-refractivity contribution is 7.89. The Labute approximate surface area is 149 Å². The number of hydrogen-bond donors (Lipinski definition) is 2. The van der Waals surface area contributed by atoms with Gasteiger partial charge in [0.25, 0.3) is 0 Å². The van der Waals surface area contributed by atoms with E-state index in [4.69, 9.17) is 0 Å². The second kappa shape index (κ2) is 6.68. The summed E-state index contributed by atoms with van der Waals surface area (Å²) in [6.07, 6.45) is -3.36. The number of hydrogen-bond acceptors (Lipinski definition) is 3. The van der Waals surface area contributed by atoms with Gasteiger partial charge in [-0.25, -0.2) is 13.1 Å². The van der Waals surface area contributed by atoms with Gasteiger partial charge in [0, 0.05) is 13.0 Å². The van der Waals surface area contributed by atoms with E-state index < -0.39 is 32.3 Å². The van der Waals surface area contributed by atoms with Gasteiger partial charge in [0.1, 0.15) is 0 Å². The first-order valence-corrected chi connectivity index (χ1v) is 9.54. The molecule has 140 valence electrons. The van der Waals surface area contributed by atoms with Crippen LogP contribution >= 0.6 is 0 Å². The van der Waals surface area contributed by atoms with E-state index in [1.54, 1.807) is 0 Å². The molecule has 2 N–H and O–H groups in total. The highest BCUT2D eigenvalue weighted by atomic mass is 32.2. The maximum absolute atomic E-state index is 12.8. The Kier molecular flexibility index (Phi) is 4.85. The normalized spacial score (nSPS) is 20.6. The summed E-state index contributed by atoms with van der Waals surface area (Å²) < 4.78 is 65.3. The van der Waals surface area contributed by atoms with E-state index >= 15 is 0 Å². The molecule has 0 saturated carbocycles. The van der Waals surface area contributed by atoms with Crippen LogP contribution in [-0.2, 0) is 29.0 Å². The van der Waals surface area contributed by atoms with Crippen LogP contribution in [0.1, 0.15) is 23.1 Å². The first kappa shape index (κ1) is 18.9. The van der Waals surface area contributed by atoms with Crippen LogP contribution < -0.4 is 4.72 Å². The van der Waals surface area contributed by atoms with Crippen molar-refractivity contribution in [1.82, 2.24) is 4.72 Å². The van der Waals surface area contributed by atoms with Gasteiger partial charge in [-0.3, -0.25) is 0 Å². The van der Waals surface area contributed by atoms with Gasteiger partial charge in [0.05, 0.1) is 16.1 Å². The van der Waals surface area contributed by atoms with Gasteiger partial charge in [-0.05, 0) is 42.2 Å². The summed E-state index contributed by atoms with van der Waals surface area (Å²) in [4.78, 5) is -0.480. The Bertz CT molecular complexity index is 912. The Morgan fingerprint density at radius 1 is 1.08 bits per heavy atom. The van der Waals surface area contributed by atoms with Crippen LogP contribution in [0.5, 0.6) is 0 Å². The van der Waals surface area contributed by atoms with Crippen molar-refractivity contribution in [2.24, 2.45) is 0 Å². The largest absolute Gasteiger partial charge is 0.416 e. The van der Waals surface area contributed by atoms with Crippen molar-refractivity contribution >= 4 is 10.0 Å². The molecule has 0 spiro atoms. The predicted octanol–water partition coefficient (Wildman–Crippen LogP) is 2.90. The predicted molar refractivity (Wildman–Crippen MR) is 90.0 cm³/mol. The van der Waals surface area contributed by atoms with Crippen LogP contribution in [0.3, 0.4) is 0 Å². The minimum atomic E-state index is -4.63. The van der Waals surface area contributed by atoms with E-state index in [1.807, 2.05) is 24.3 Å². The van der Waals surface area contributed by atoms with Crippen molar-refractivity contribution in [1.29, 1.82) is 0 Å². The third kappa shape index (κ3) is 4.08. The maximum Gasteiger partial charge on any atom is 0.416 e. The van der Waals surface area contributed by atoms with Crippen molar-refractivity contribution in [2.45, 2.75) is 35.9 Å². The molecule has 0 heterocycles. The number of rotatable bonds is 4. The molecule has 4 nitrogen and oxygen atoms in total. The molecule has 8 heteroatoms. The van der Waals surface area contributed by atoms with Crippen LogP contribution in [0.2, 0.25) is 0 Å². The summed E-state index contributed by atoms with van der Waals surface area (Å²) >= 11 is 0. The quantitative estimate of drug-likeness (QED) is 0.851. The number of benzene rings is 2. The van der Waals surface area contributed by atoms with Crippen LogP contribution in [0, 0.1) is 0 Å². The number of halogens is 3. The third-order valence-corrected chi connectivity index (χ3v) is 5.96. The van der Waals surface area contributed by atoms with Crippen LogP contribution in [0.25, 0.3) is 0 Å². The van der Waals surface area contributed by atoms with Crippen molar-refractivity contribution in [3.63, 3.8) is 0 Å². The molecule has 1 aliphatic carbocycles. The lowest BCUT2D eigenvalue weighted by Crippen LogP contribution is -2.46. The van der Waals surface area contributed by atoms with Crippen LogP contribution in [0.4, 0.5) is 13.2 Å². The van der Waals surface area contributed by atoms with E-state index in [1.165, 1.54) is 0 Å². The summed E-state index contributed by atoms with van der Waals surface area (Å²) in [5.74, 6) is 0. The molecule has 26 heavy (non-hydrogen) atoms. The first-order chi connectivity index (χ1) is 12.1. The number of alkyl halides is 3. The van der Waals surface area contributed by atoms with Crippen molar-refractivity contribution < 1.29 is 26.7 Å². The monoisotopic (exact) mass is 385 g/mol. The average molecular weight is 385 g/mol. The van der Waals surface area contributed by atoms with Gasteiger partial charge in [0.15, 0.2) is 0 Å². The van der Waals surface area contributed by atoms with Crippen molar-refractivity contribution in [3.8, 4) is 0 Å². The van der Waals surface area contributed by atoms with E-state index in [0.29, 0.717) is 18.9 Å². The SMILES string of the molecule is O=S(=O)(NC[C@@]1(O)CCc2ccccc2C1)c1cccc(C(F)(F)F)c1. The molecule has 0 radical (unpaired) electrons. The summed E-state index contributed by atoms with van der Waals surface area (Å²) in [6.45, 7) is -0.264. The van der Waals surface area contributed by atoms with Gasteiger partial charge in [0.2, 0.25) is 10.0 Å². The molecular weight excluding hydrogens is 367 g/mol. The van der Waals surface area contributed by atoms with Crippen LogP contribution in [0.15, 0.2) is 53.4 Å².